The Bertz CT molecular complexity index is 1220. The Morgan fingerprint density at radius 1 is 1.20 bits per heavy atom. The smallest absolute Gasteiger partial charge is 0.330 e. The Balaban J connectivity index is 1.60. The molecule has 0 spiro atoms. The molecule has 0 saturated carbocycles. The highest BCUT2D eigenvalue weighted by molar-refractivity contribution is 6.04. The van der Waals surface area contributed by atoms with Crippen LogP contribution in [0.2, 0.25) is 0 Å². The van der Waals surface area contributed by atoms with E-state index in [-0.39, 0.29) is 17.7 Å². The van der Waals surface area contributed by atoms with Crippen LogP contribution in [0.3, 0.4) is 0 Å². The normalized spacial score (nSPS) is 19.7. The molecule has 40 heavy (non-hydrogen) atoms. The van der Waals surface area contributed by atoms with Crippen molar-refractivity contribution in [3.05, 3.63) is 77.1 Å². The number of amides is 4. The number of allylic oxidation sites excluding steroid dienone is 4. The summed E-state index contributed by atoms with van der Waals surface area (Å²) in [6.45, 7) is 7.59. The minimum absolute atomic E-state index is 0.195. The Morgan fingerprint density at radius 2 is 1.93 bits per heavy atom. The van der Waals surface area contributed by atoms with Crippen LogP contribution in [0.25, 0.3) is 0 Å². The lowest BCUT2D eigenvalue weighted by atomic mass is 9.89. The monoisotopic (exact) mass is 555 g/mol. The molecule has 0 bridgehead atoms. The summed E-state index contributed by atoms with van der Waals surface area (Å²) < 4.78 is 26.0. The number of piperidine rings is 1. The minimum atomic E-state index is -1.13. The van der Waals surface area contributed by atoms with Gasteiger partial charge in [0.2, 0.25) is 0 Å². The van der Waals surface area contributed by atoms with E-state index in [0.29, 0.717) is 30.2 Å². The number of nitrogens with one attached hydrogen (secondary N) is 3. The summed E-state index contributed by atoms with van der Waals surface area (Å²) in [5.74, 6) is -0.957. The van der Waals surface area contributed by atoms with E-state index >= 15 is 0 Å². The zero-order valence-corrected chi connectivity index (χ0v) is 23.6. The average molecular weight is 556 g/mol. The van der Waals surface area contributed by atoms with Gasteiger partial charge in [0.15, 0.2) is 11.6 Å². The number of anilines is 1. The van der Waals surface area contributed by atoms with Crippen LogP contribution in [0.1, 0.15) is 51.5 Å². The van der Waals surface area contributed by atoms with E-state index in [9.17, 15) is 23.2 Å². The second kappa shape index (κ2) is 14.6. The lowest BCUT2D eigenvalue weighted by Crippen LogP contribution is -2.58. The van der Waals surface area contributed by atoms with Crippen molar-refractivity contribution in [2.24, 2.45) is 0 Å². The Labute approximate surface area is 234 Å². The van der Waals surface area contributed by atoms with Crippen molar-refractivity contribution < 1.29 is 23.2 Å². The summed E-state index contributed by atoms with van der Waals surface area (Å²) in [6.07, 6.45) is 6.30. The number of nitrogens with zero attached hydrogens (tertiary/aromatic N) is 2. The highest BCUT2D eigenvalue weighted by atomic mass is 19.2. The summed E-state index contributed by atoms with van der Waals surface area (Å²) in [6, 6.07) is 6.06. The zero-order valence-electron chi connectivity index (χ0n) is 23.6. The van der Waals surface area contributed by atoms with Gasteiger partial charge in [0.25, 0.3) is 0 Å². The molecule has 1 atom stereocenters. The van der Waals surface area contributed by atoms with E-state index in [1.54, 1.807) is 19.9 Å². The maximum Gasteiger partial charge on any atom is 0.330 e. The Hall–Kier alpha value is -3.79. The summed E-state index contributed by atoms with van der Waals surface area (Å²) in [7, 11) is 1.92. The van der Waals surface area contributed by atoms with Crippen molar-refractivity contribution in [2.75, 3.05) is 38.5 Å². The van der Waals surface area contributed by atoms with E-state index in [4.69, 9.17) is 0 Å². The number of halogens is 2. The molecule has 1 aromatic rings. The molecule has 1 fully saturated rings. The van der Waals surface area contributed by atoms with Crippen molar-refractivity contribution in [2.45, 2.75) is 52.0 Å². The van der Waals surface area contributed by atoms with Gasteiger partial charge in [0.1, 0.15) is 6.33 Å². The molecule has 1 aromatic carbocycles. The molecule has 0 aliphatic carbocycles. The first-order chi connectivity index (χ1) is 19.2. The molecule has 2 aliphatic heterocycles. The molecule has 2 aliphatic rings. The van der Waals surface area contributed by atoms with Gasteiger partial charge >= 0.3 is 12.1 Å². The zero-order chi connectivity index (χ0) is 29.2. The van der Waals surface area contributed by atoms with Gasteiger partial charge in [-0.3, -0.25) is 4.79 Å². The number of hydrogen-bond acceptors (Lipinski definition) is 5. The van der Waals surface area contributed by atoms with Crippen LogP contribution >= 0.6 is 0 Å². The fourth-order valence-corrected chi connectivity index (χ4v) is 5.30. The number of urea groups is 2. The molecule has 1 unspecified atom stereocenters. The molecule has 1 saturated heterocycles. The fraction of sp³-hybridized carbons (Fsp3) is 0.433. The fourth-order valence-electron chi connectivity index (χ4n) is 5.30. The summed E-state index contributed by atoms with van der Waals surface area (Å²) in [5.41, 5.74) is 3.26. The molecule has 0 aromatic heterocycles. The third-order valence-corrected chi connectivity index (χ3v) is 7.40. The van der Waals surface area contributed by atoms with E-state index in [0.717, 1.165) is 49.1 Å². The van der Waals surface area contributed by atoms with Gasteiger partial charge in [-0.2, -0.15) is 0 Å². The number of rotatable bonds is 10. The van der Waals surface area contributed by atoms with Crippen molar-refractivity contribution in [1.29, 1.82) is 0 Å². The van der Waals surface area contributed by atoms with E-state index in [1.165, 1.54) is 18.6 Å². The van der Waals surface area contributed by atoms with Gasteiger partial charge in [-0.1, -0.05) is 24.3 Å². The number of Topliss-reactive ketones (excluding diaryl/α,β-unsaturated/α-hetero) is 1. The largest absolute Gasteiger partial charge is 0.388 e. The molecule has 216 valence electrons. The van der Waals surface area contributed by atoms with E-state index in [2.05, 4.69) is 45.1 Å². The second-order valence-electron chi connectivity index (χ2n) is 9.99. The topological polar surface area (TPSA) is 93.8 Å². The van der Waals surface area contributed by atoms with Crippen LogP contribution in [0, 0.1) is 0 Å². The molecular weight excluding hydrogens is 516 g/mol. The van der Waals surface area contributed by atoms with Crippen LogP contribution in [-0.4, -0.2) is 66.9 Å². The molecule has 2 heterocycles. The summed E-state index contributed by atoms with van der Waals surface area (Å²) in [5, 5.41) is 8.55. The maximum atomic E-state index is 13.5. The molecule has 3 N–H and O–H groups in total. The predicted molar refractivity (Wildman–Crippen MR) is 153 cm³/mol. The van der Waals surface area contributed by atoms with Crippen molar-refractivity contribution in [3.8, 4) is 0 Å². The van der Waals surface area contributed by atoms with Gasteiger partial charge < -0.3 is 20.9 Å². The predicted octanol–water partition coefficient (Wildman–Crippen LogP) is 5.55. The first-order valence-electron chi connectivity index (χ1n) is 13.6. The Morgan fingerprint density at radius 3 is 2.55 bits per heavy atom. The highest BCUT2D eigenvalue weighted by Gasteiger charge is 2.40. The summed E-state index contributed by atoms with van der Waals surface area (Å²) in [4.78, 5) is 41.9. The van der Waals surface area contributed by atoms with Crippen LogP contribution in [0.15, 0.2) is 71.5 Å². The minimum Gasteiger partial charge on any atom is -0.388 e. The van der Waals surface area contributed by atoms with Gasteiger partial charge in [0, 0.05) is 30.5 Å². The van der Waals surface area contributed by atoms with Gasteiger partial charge in [-0.25, -0.2) is 23.3 Å². The SMILES string of the molecule is C\C=C(/C=C\C(F)=C\F)C1C(C(C)=O)=C(C)NC(=O)N1C(=O)NCCCN1CCC(c2cccc(NC)c2)CC1. The lowest BCUT2D eigenvalue weighted by Gasteiger charge is -2.37. The maximum absolute atomic E-state index is 13.5. The Kier molecular flexibility index (Phi) is 11.2. The molecule has 10 heteroatoms. The van der Waals surface area contributed by atoms with Crippen LogP contribution in [-0.2, 0) is 4.79 Å². The molecule has 4 amide bonds. The molecular formula is C30H39F2N5O3. The average Bonchev–Trinajstić information content (AvgIpc) is 2.95. The number of likely N-dealkylation sites (tertiary alicyclic amines) is 1. The first-order valence-corrected chi connectivity index (χ1v) is 13.6. The molecule has 8 nitrogen and oxygen atoms in total. The van der Waals surface area contributed by atoms with Crippen molar-refractivity contribution in [1.82, 2.24) is 20.4 Å². The molecule has 0 radical (unpaired) electrons. The highest BCUT2D eigenvalue weighted by Crippen LogP contribution is 2.30. The summed E-state index contributed by atoms with van der Waals surface area (Å²) >= 11 is 0. The standard InChI is InChI=1S/C30H39F2N5O3/c1-5-22(10-11-25(32)19-31)28-27(21(3)38)20(2)35-30(40)37(28)29(39)34-14-7-15-36-16-12-23(13-17-36)24-8-6-9-26(18-24)33-4/h5-6,8-11,18-19,23,28,33H,7,12-17H2,1-4H3,(H,34,39)(H,35,40)/b11-10-,22-5+,25-19-. The third kappa shape index (κ3) is 7.65. The van der Waals surface area contributed by atoms with Crippen molar-refractivity contribution >= 4 is 23.5 Å². The van der Waals surface area contributed by atoms with E-state index in [1.807, 2.05) is 7.05 Å². The number of hydrogen-bond donors (Lipinski definition) is 3. The van der Waals surface area contributed by atoms with Gasteiger partial charge in [0.05, 0.1) is 6.04 Å². The first kappa shape index (κ1) is 30.7. The number of imide groups is 1. The van der Waals surface area contributed by atoms with Crippen LogP contribution in [0.5, 0.6) is 0 Å². The van der Waals surface area contributed by atoms with Gasteiger partial charge in [-0.05, 0) is 94.9 Å². The van der Waals surface area contributed by atoms with Gasteiger partial charge in [-0.15, -0.1) is 0 Å². The second-order valence-corrected chi connectivity index (χ2v) is 9.99. The van der Waals surface area contributed by atoms with Crippen molar-refractivity contribution in [3.63, 3.8) is 0 Å². The third-order valence-electron chi connectivity index (χ3n) is 7.40. The van der Waals surface area contributed by atoms with Crippen LogP contribution < -0.4 is 16.0 Å². The molecule has 3 rings (SSSR count). The lowest BCUT2D eigenvalue weighted by molar-refractivity contribution is -0.114. The number of ketones is 1. The number of carbonyl (C=O) groups is 3. The van der Waals surface area contributed by atoms with Crippen LogP contribution in [0.4, 0.5) is 24.1 Å². The van der Waals surface area contributed by atoms with E-state index < -0.39 is 23.9 Å². The quantitative estimate of drug-likeness (QED) is 0.260. The number of benzene rings is 1. The number of carbonyl (C=O) groups excluding carboxylic acids is 3.